The molecule has 2 N–H and O–H groups in total. The molecule has 1 rings (SSSR count). The molecule has 1 aromatic heterocycles. The normalized spacial score (nSPS) is 12.6. The zero-order valence-electron chi connectivity index (χ0n) is 12.3. The van der Waals surface area contributed by atoms with Gasteiger partial charge in [0, 0.05) is 39.0 Å². The van der Waals surface area contributed by atoms with Gasteiger partial charge in [-0.3, -0.25) is 4.68 Å². The molecule has 9 heteroatoms. The number of rotatable bonds is 6. The van der Waals surface area contributed by atoms with E-state index in [1.165, 1.54) is 13.2 Å². The molecule has 6 nitrogen and oxygen atoms in total. The topological polar surface area (TPSA) is 63.5 Å². The van der Waals surface area contributed by atoms with Crippen LogP contribution in [0.1, 0.15) is 18.2 Å². The SMILES string of the molecule is CCNC(=NCc1cn(C)nc1C(F)(F)F)NCCOC. The van der Waals surface area contributed by atoms with Crippen LogP contribution in [0.15, 0.2) is 11.2 Å². The maximum atomic E-state index is 12.8. The Balaban J connectivity index is 2.80. The Labute approximate surface area is 121 Å². The summed E-state index contributed by atoms with van der Waals surface area (Å²) in [4.78, 5) is 4.13. The zero-order chi connectivity index (χ0) is 15.9. The van der Waals surface area contributed by atoms with E-state index in [2.05, 4.69) is 20.7 Å². The maximum absolute atomic E-state index is 12.8. The molecule has 120 valence electrons. The molecule has 0 fully saturated rings. The monoisotopic (exact) mass is 307 g/mol. The van der Waals surface area contributed by atoms with Gasteiger partial charge in [0.1, 0.15) is 0 Å². The predicted octanol–water partition coefficient (Wildman–Crippen LogP) is 1.14. The number of aliphatic imine (C=N–C) groups is 1. The Morgan fingerprint density at radius 1 is 1.43 bits per heavy atom. The van der Waals surface area contributed by atoms with E-state index < -0.39 is 11.9 Å². The second kappa shape index (κ2) is 7.87. The standard InChI is InChI=1S/C12H20F3N5O/c1-4-16-11(17-5-6-21-3)18-7-9-8-20(2)19-10(9)12(13,14)15/h8H,4-7H2,1-3H3,(H2,16,17,18). The van der Waals surface area contributed by atoms with Gasteiger partial charge in [0.2, 0.25) is 0 Å². The molecule has 0 aliphatic rings. The van der Waals surface area contributed by atoms with E-state index in [1.54, 1.807) is 7.11 Å². The summed E-state index contributed by atoms with van der Waals surface area (Å²) in [5.41, 5.74) is -0.865. The van der Waals surface area contributed by atoms with Gasteiger partial charge in [-0.15, -0.1) is 0 Å². The average molecular weight is 307 g/mol. The van der Waals surface area contributed by atoms with Crippen molar-refractivity contribution >= 4 is 5.96 Å². The van der Waals surface area contributed by atoms with E-state index in [-0.39, 0.29) is 12.1 Å². The summed E-state index contributed by atoms with van der Waals surface area (Å²) in [5.74, 6) is 0.437. The summed E-state index contributed by atoms with van der Waals surface area (Å²) < 4.78 is 44.5. The van der Waals surface area contributed by atoms with Crippen molar-refractivity contribution < 1.29 is 17.9 Å². The Hall–Kier alpha value is -1.77. The summed E-state index contributed by atoms with van der Waals surface area (Å²) in [7, 11) is 3.02. The first-order chi connectivity index (χ1) is 9.88. The Kier molecular flexibility index (Phi) is 6.47. The van der Waals surface area contributed by atoms with Crippen LogP contribution in [-0.2, 0) is 24.5 Å². The molecule has 0 atom stereocenters. The number of nitrogens with zero attached hydrogens (tertiary/aromatic N) is 3. The third-order valence-electron chi connectivity index (χ3n) is 2.52. The summed E-state index contributed by atoms with van der Waals surface area (Å²) in [6.45, 7) is 3.37. The molecule has 0 bridgehead atoms. The lowest BCUT2D eigenvalue weighted by atomic mass is 10.2. The Morgan fingerprint density at radius 2 is 2.14 bits per heavy atom. The van der Waals surface area contributed by atoms with E-state index in [1.807, 2.05) is 6.92 Å². The quantitative estimate of drug-likeness (QED) is 0.470. The minimum atomic E-state index is -4.48. The van der Waals surface area contributed by atoms with Crippen LogP contribution in [0.5, 0.6) is 0 Å². The fourth-order valence-electron chi connectivity index (χ4n) is 1.67. The number of aromatic nitrogens is 2. The minimum Gasteiger partial charge on any atom is -0.383 e. The number of guanidine groups is 1. The molecular formula is C12H20F3N5O. The Morgan fingerprint density at radius 3 is 2.71 bits per heavy atom. The van der Waals surface area contributed by atoms with Crippen molar-refractivity contribution in [1.29, 1.82) is 0 Å². The van der Waals surface area contributed by atoms with Crippen LogP contribution in [0.4, 0.5) is 13.2 Å². The van der Waals surface area contributed by atoms with E-state index in [9.17, 15) is 13.2 Å². The van der Waals surface area contributed by atoms with Gasteiger partial charge < -0.3 is 15.4 Å². The third-order valence-corrected chi connectivity index (χ3v) is 2.52. The van der Waals surface area contributed by atoms with Crippen LogP contribution in [0, 0.1) is 0 Å². The number of halogens is 3. The molecule has 1 heterocycles. The number of methoxy groups -OCH3 is 1. The van der Waals surface area contributed by atoms with Crippen molar-refractivity contribution in [2.75, 3.05) is 26.8 Å². The molecule has 1 aromatic rings. The van der Waals surface area contributed by atoms with Gasteiger partial charge in [-0.1, -0.05) is 0 Å². The van der Waals surface area contributed by atoms with Gasteiger partial charge in [-0.2, -0.15) is 18.3 Å². The fraction of sp³-hybridized carbons (Fsp3) is 0.667. The highest BCUT2D eigenvalue weighted by molar-refractivity contribution is 5.79. The highest BCUT2D eigenvalue weighted by Crippen LogP contribution is 2.30. The molecule has 0 aliphatic carbocycles. The largest absolute Gasteiger partial charge is 0.435 e. The molecular weight excluding hydrogens is 287 g/mol. The molecule has 0 unspecified atom stereocenters. The van der Waals surface area contributed by atoms with E-state index in [0.717, 1.165) is 4.68 Å². The summed E-state index contributed by atoms with van der Waals surface area (Å²) in [5, 5.41) is 9.36. The van der Waals surface area contributed by atoms with Gasteiger partial charge in [0.25, 0.3) is 0 Å². The van der Waals surface area contributed by atoms with Crippen LogP contribution in [0.2, 0.25) is 0 Å². The second-order valence-electron chi connectivity index (χ2n) is 4.29. The first-order valence-electron chi connectivity index (χ1n) is 6.49. The van der Waals surface area contributed by atoms with E-state index in [4.69, 9.17) is 4.74 Å². The molecule has 0 aromatic carbocycles. The van der Waals surface area contributed by atoms with Crippen LogP contribution in [0.25, 0.3) is 0 Å². The van der Waals surface area contributed by atoms with Crippen molar-refractivity contribution in [3.8, 4) is 0 Å². The molecule has 21 heavy (non-hydrogen) atoms. The molecule has 0 saturated heterocycles. The summed E-state index contributed by atoms with van der Waals surface area (Å²) in [6.07, 6.45) is -3.15. The highest BCUT2D eigenvalue weighted by atomic mass is 19.4. The number of hydrogen-bond acceptors (Lipinski definition) is 3. The first-order valence-corrected chi connectivity index (χ1v) is 6.49. The third kappa shape index (κ3) is 5.62. The predicted molar refractivity (Wildman–Crippen MR) is 72.9 cm³/mol. The van der Waals surface area contributed by atoms with Crippen molar-refractivity contribution in [2.45, 2.75) is 19.6 Å². The molecule has 0 spiro atoms. The lowest BCUT2D eigenvalue weighted by molar-refractivity contribution is -0.142. The molecule has 0 saturated carbocycles. The van der Waals surface area contributed by atoms with Gasteiger partial charge in [0.15, 0.2) is 11.7 Å². The molecule has 0 radical (unpaired) electrons. The van der Waals surface area contributed by atoms with Gasteiger partial charge in [-0.25, -0.2) is 4.99 Å². The van der Waals surface area contributed by atoms with Gasteiger partial charge in [-0.05, 0) is 6.92 Å². The van der Waals surface area contributed by atoms with Crippen LogP contribution in [0.3, 0.4) is 0 Å². The molecule has 0 amide bonds. The number of nitrogens with one attached hydrogen (secondary N) is 2. The number of alkyl halides is 3. The number of hydrogen-bond donors (Lipinski definition) is 2. The minimum absolute atomic E-state index is 0.0361. The van der Waals surface area contributed by atoms with Crippen LogP contribution < -0.4 is 10.6 Å². The number of aryl methyl sites for hydroxylation is 1. The van der Waals surface area contributed by atoms with Crippen LogP contribution >= 0.6 is 0 Å². The summed E-state index contributed by atoms with van der Waals surface area (Å²) >= 11 is 0. The lowest BCUT2D eigenvalue weighted by Gasteiger charge is -2.11. The highest BCUT2D eigenvalue weighted by Gasteiger charge is 2.36. The maximum Gasteiger partial charge on any atom is 0.435 e. The lowest BCUT2D eigenvalue weighted by Crippen LogP contribution is -2.38. The van der Waals surface area contributed by atoms with Crippen molar-refractivity contribution in [3.63, 3.8) is 0 Å². The van der Waals surface area contributed by atoms with Crippen molar-refractivity contribution in [3.05, 3.63) is 17.5 Å². The fourth-order valence-corrected chi connectivity index (χ4v) is 1.67. The van der Waals surface area contributed by atoms with Crippen molar-refractivity contribution in [2.24, 2.45) is 12.0 Å². The first kappa shape index (κ1) is 17.3. The van der Waals surface area contributed by atoms with Crippen LogP contribution in [-0.4, -0.2) is 42.5 Å². The zero-order valence-corrected chi connectivity index (χ0v) is 12.3. The van der Waals surface area contributed by atoms with Gasteiger partial charge in [0.05, 0.1) is 13.2 Å². The second-order valence-corrected chi connectivity index (χ2v) is 4.29. The Bertz CT molecular complexity index is 470. The van der Waals surface area contributed by atoms with E-state index >= 15 is 0 Å². The summed E-state index contributed by atoms with van der Waals surface area (Å²) in [6, 6.07) is 0. The average Bonchev–Trinajstić information content (AvgIpc) is 2.77. The molecule has 0 aliphatic heterocycles. The smallest absolute Gasteiger partial charge is 0.383 e. The number of ether oxygens (including phenoxy) is 1. The van der Waals surface area contributed by atoms with Gasteiger partial charge >= 0.3 is 6.18 Å². The van der Waals surface area contributed by atoms with E-state index in [0.29, 0.717) is 25.7 Å². The van der Waals surface area contributed by atoms with Crippen molar-refractivity contribution in [1.82, 2.24) is 20.4 Å².